The third-order valence-electron chi connectivity index (χ3n) is 3.13. The normalized spacial score (nSPS) is 11.9. The van der Waals surface area contributed by atoms with Gasteiger partial charge >= 0.3 is 0 Å². The molecule has 21 heavy (non-hydrogen) atoms. The Morgan fingerprint density at radius 1 is 1.33 bits per heavy atom. The van der Waals surface area contributed by atoms with Crippen LogP contribution in [0.1, 0.15) is 11.3 Å². The molecule has 0 spiro atoms. The van der Waals surface area contributed by atoms with Gasteiger partial charge in [-0.25, -0.2) is 4.68 Å². The average molecular weight is 281 g/mol. The molecule has 0 aliphatic carbocycles. The predicted octanol–water partition coefficient (Wildman–Crippen LogP) is 2.96. The molecule has 1 aromatic carbocycles. The quantitative estimate of drug-likeness (QED) is 0.857. The minimum Gasteiger partial charge on any atom is -0.373 e. The van der Waals surface area contributed by atoms with Crippen LogP contribution in [0, 0.1) is 6.92 Å². The minimum atomic E-state index is 0.830. The van der Waals surface area contributed by atoms with Gasteiger partial charge in [0.05, 0.1) is 5.69 Å². The van der Waals surface area contributed by atoms with Crippen LogP contribution in [0.5, 0.6) is 0 Å². The summed E-state index contributed by atoms with van der Waals surface area (Å²) in [5.74, 6) is 0.940. The second-order valence-electron chi connectivity index (χ2n) is 4.47. The Hall–Kier alpha value is -2.69. The van der Waals surface area contributed by atoms with Crippen molar-refractivity contribution in [3.05, 3.63) is 47.8 Å². The zero-order chi connectivity index (χ0) is 15.2. The van der Waals surface area contributed by atoms with Gasteiger partial charge < -0.3 is 5.32 Å². The first kappa shape index (κ1) is 14.7. The van der Waals surface area contributed by atoms with Crippen LogP contribution in [0.2, 0.25) is 0 Å². The van der Waals surface area contributed by atoms with E-state index >= 15 is 0 Å². The lowest BCUT2D eigenvalue weighted by molar-refractivity contribution is 0.879. The van der Waals surface area contributed by atoms with Crippen molar-refractivity contribution in [2.24, 2.45) is 9.98 Å². The molecule has 1 N–H and O–H groups in total. The molecule has 5 nitrogen and oxygen atoms in total. The van der Waals surface area contributed by atoms with Gasteiger partial charge in [-0.3, -0.25) is 9.98 Å². The van der Waals surface area contributed by atoms with E-state index in [9.17, 15) is 0 Å². The number of nitrogens with one attached hydrogen (secondary N) is 1. The van der Waals surface area contributed by atoms with E-state index in [2.05, 4.69) is 22.0 Å². The Balaban J connectivity index is 2.63. The van der Waals surface area contributed by atoms with Gasteiger partial charge in [0, 0.05) is 37.6 Å². The van der Waals surface area contributed by atoms with Crippen LogP contribution in [0.4, 0.5) is 5.82 Å². The number of benzene rings is 1. The molecule has 1 heterocycles. The van der Waals surface area contributed by atoms with E-state index in [0.717, 1.165) is 28.3 Å². The molecular formula is C16H19N5. The highest BCUT2D eigenvalue weighted by atomic mass is 15.3. The van der Waals surface area contributed by atoms with Crippen molar-refractivity contribution < 1.29 is 0 Å². The van der Waals surface area contributed by atoms with Crippen LogP contribution in [-0.2, 0) is 0 Å². The summed E-state index contributed by atoms with van der Waals surface area (Å²) in [5.41, 5.74) is 3.70. The van der Waals surface area contributed by atoms with Crippen molar-refractivity contribution in [3.63, 3.8) is 0 Å². The van der Waals surface area contributed by atoms with Gasteiger partial charge in [-0.1, -0.05) is 18.2 Å². The van der Waals surface area contributed by atoms with Crippen LogP contribution in [0.25, 0.3) is 11.3 Å². The summed E-state index contributed by atoms with van der Waals surface area (Å²) in [5, 5.41) is 7.90. The molecule has 2 aromatic rings. The number of hydrogen-bond donors (Lipinski definition) is 1. The highest BCUT2D eigenvalue weighted by Crippen LogP contribution is 2.26. The van der Waals surface area contributed by atoms with Crippen molar-refractivity contribution in [1.82, 2.24) is 9.78 Å². The molecule has 0 saturated heterocycles. The van der Waals surface area contributed by atoms with Crippen molar-refractivity contribution in [2.75, 3.05) is 19.4 Å². The largest absolute Gasteiger partial charge is 0.373 e. The Kier molecular flexibility index (Phi) is 4.66. The number of hydrogen-bond acceptors (Lipinski definition) is 4. The lowest BCUT2D eigenvalue weighted by atomic mass is 10.1. The molecule has 5 heteroatoms. The zero-order valence-corrected chi connectivity index (χ0v) is 12.5. The summed E-state index contributed by atoms with van der Waals surface area (Å²) in [7, 11) is 3.61. The van der Waals surface area contributed by atoms with Gasteiger partial charge in [-0.2, -0.15) is 5.10 Å². The standard InChI is InChI=1S/C16H19N5/c1-12-15(13(10-17-2)11-18-3)20-21(16(12)19-4)14-8-6-5-7-9-14/h5-11,19H,2H2,1,3-4H3/b13-10+,18-11?. The van der Waals surface area contributed by atoms with Crippen LogP contribution >= 0.6 is 0 Å². The first-order valence-corrected chi connectivity index (χ1v) is 6.64. The van der Waals surface area contributed by atoms with Gasteiger partial charge in [-0.05, 0) is 25.8 Å². The predicted molar refractivity (Wildman–Crippen MR) is 89.8 cm³/mol. The first-order chi connectivity index (χ1) is 10.2. The molecule has 0 aliphatic heterocycles. The smallest absolute Gasteiger partial charge is 0.133 e. The van der Waals surface area contributed by atoms with Gasteiger partial charge in [0.1, 0.15) is 11.5 Å². The molecule has 0 bridgehead atoms. The number of anilines is 1. The highest BCUT2D eigenvalue weighted by Gasteiger charge is 2.16. The fraction of sp³-hybridized carbons (Fsp3) is 0.188. The molecule has 0 saturated carbocycles. The molecule has 1 aromatic heterocycles. The number of aromatic nitrogens is 2. The summed E-state index contributed by atoms with van der Waals surface area (Å²) in [4.78, 5) is 7.90. The maximum atomic E-state index is 4.70. The van der Waals surface area contributed by atoms with Gasteiger partial charge in [0.25, 0.3) is 0 Å². The van der Waals surface area contributed by atoms with E-state index in [-0.39, 0.29) is 0 Å². The molecule has 108 valence electrons. The Morgan fingerprint density at radius 3 is 2.62 bits per heavy atom. The molecular weight excluding hydrogens is 262 g/mol. The van der Waals surface area contributed by atoms with Crippen molar-refractivity contribution in [3.8, 4) is 5.69 Å². The summed E-state index contributed by atoms with van der Waals surface area (Å²) < 4.78 is 1.88. The minimum absolute atomic E-state index is 0.830. The fourth-order valence-electron chi connectivity index (χ4n) is 2.21. The average Bonchev–Trinajstić information content (AvgIpc) is 2.84. The number of aliphatic imine (C=N–C) groups is 2. The van der Waals surface area contributed by atoms with E-state index in [1.54, 1.807) is 19.5 Å². The molecule has 2 rings (SSSR count). The third-order valence-corrected chi connectivity index (χ3v) is 3.13. The topological polar surface area (TPSA) is 54.6 Å². The van der Waals surface area contributed by atoms with Crippen LogP contribution in [0.3, 0.4) is 0 Å². The van der Waals surface area contributed by atoms with Crippen LogP contribution in [-0.4, -0.2) is 36.8 Å². The highest BCUT2D eigenvalue weighted by molar-refractivity contribution is 6.09. The molecule has 0 fully saturated rings. The van der Waals surface area contributed by atoms with E-state index in [4.69, 9.17) is 5.10 Å². The fourth-order valence-corrected chi connectivity index (χ4v) is 2.21. The van der Waals surface area contributed by atoms with E-state index in [1.807, 2.05) is 49.0 Å². The van der Waals surface area contributed by atoms with Gasteiger partial charge in [0.2, 0.25) is 0 Å². The number of rotatable bonds is 5. The van der Waals surface area contributed by atoms with Crippen molar-refractivity contribution in [1.29, 1.82) is 0 Å². The van der Waals surface area contributed by atoms with Crippen molar-refractivity contribution in [2.45, 2.75) is 6.92 Å². The lowest BCUT2D eigenvalue weighted by Crippen LogP contribution is -2.02. The summed E-state index contributed by atoms with van der Waals surface area (Å²) in [6, 6.07) is 9.98. The molecule has 0 unspecified atom stereocenters. The Bertz CT molecular complexity index is 680. The molecule has 0 radical (unpaired) electrons. The SMILES string of the molecule is C=N/C=C(\C=NC)c1nn(-c2ccccc2)c(NC)c1C. The number of allylic oxidation sites excluding steroid dienone is 1. The molecule has 0 aliphatic rings. The number of para-hydroxylation sites is 1. The van der Waals surface area contributed by atoms with E-state index < -0.39 is 0 Å². The first-order valence-electron chi connectivity index (χ1n) is 6.64. The summed E-state index contributed by atoms with van der Waals surface area (Å²) in [6.07, 6.45) is 3.40. The van der Waals surface area contributed by atoms with E-state index in [1.165, 1.54) is 0 Å². The van der Waals surface area contributed by atoms with Crippen LogP contribution < -0.4 is 5.32 Å². The Morgan fingerprint density at radius 2 is 2.05 bits per heavy atom. The molecule has 0 atom stereocenters. The maximum Gasteiger partial charge on any atom is 0.133 e. The number of nitrogens with zero attached hydrogens (tertiary/aromatic N) is 4. The van der Waals surface area contributed by atoms with Gasteiger partial charge in [0.15, 0.2) is 0 Å². The van der Waals surface area contributed by atoms with E-state index in [0.29, 0.717) is 0 Å². The Labute approximate surface area is 124 Å². The maximum absolute atomic E-state index is 4.70. The van der Waals surface area contributed by atoms with Crippen molar-refractivity contribution >= 4 is 24.3 Å². The molecule has 0 amide bonds. The summed E-state index contributed by atoms with van der Waals surface area (Å²) in [6.45, 7) is 5.53. The second kappa shape index (κ2) is 6.65. The second-order valence-corrected chi connectivity index (χ2v) is 4.47. The zero-order valence-electron chi connectivity index (χ0n) is 12.5. The lowest BCUT2D eigenvalue weighted by Gasteiger charge is -2.06. The third kappa shape index (κ3) is 2.91. The summed E-state index contributed by atoms with van der Waals surface area (Å²) >= 11 is 0. The van der Waals surface area contributed by atoms with Crippen LogP contribution in [0.15, 0.2) is 46.5 Å². The van der Waals surface area contributed by atoms with Gasteiger partial charge in [-0.15, -0.1) is 0 Å². The monoisotopic (exact) mass is 281 g/mol.